The number of hydrogen-bond donors (Lipinski definition) is 1. The molecule has 8 nitrogen and oxygen atoms in total. The summed E-state index contributed by atoms with van der Waals surface area (Å²) < 4.78 is 12.0. The van der Waals surface area contributed by atoms with Gasteiger partial charge in [0.1, 0.15) is 12.9 Å². The van der Waals surface area contributed by atoms with Gasteiger partial charge in [-0.25, -0.2) is 0 Å². The zero-order chi connectivity index (χ0) is 18.4. The number of amides is 1. The van der Waals surface area contributed by atoms with E-state index in [0.717, 1.165) is 0 Å². The van der Waals surface area contributed by atoms with Crippen LogP contribution in [0.25, 0.3) is 5.69 Å². The standard InChI is InChI=1S/C17H16ClN5O3/c1-25-9-10-26-16-13(18)6-4-7-14(16)20-17(24)12-5-2-3-8-15(12)23-11-19-21-22-23/h2-8,11H,9-10H2,1H3,(H,20,24). The lowest BCUT2D eigenvalue weighted by Crippen LogP contribution is -2.16. The second kappa shape index (κ2) is 8.41. The van der Waals surface area contributed by atoms with Crippen molar-refractivity contribution in [2.75, 3.05) is 25.6 Å². The minimum atomic E-state index is -0.338. The Kier molecular flexibility index (Phi) is 5.77. The number of nitrogens with one attached hydrogen (secondary N) is 1. The molecule has 1 aromatic heterocycles. The van der Waals surface area contributed by atoms with Crippen LogP contribution in [0, 0.1) is 0 Å². The summed E-state index contributed by atoms with van der Waals surface area (Å²) in [5.74, 6) is 0.0504. The monoisotopic (exact) mass is 373 g/mol. The number of benzene rings is 2. The molecule has 2 aromatic carbocycles. The highest BCUT2D eigenvalue weighted by molar-refractivity contribution is 6.32. The maximum absolute atomic E-state index is 12.8. The van der Waals surface area contributed by atoms with Gasteiger partial charge in [-0.1, -0.05) is 29.8 Å². The van der Waals surface area contributed by atoms with Gasteiger partial charge in [0.05, 0.1) is 28.6 Å². The van der Waals surface area contributed by atoms with Crippen molar-refractivity contribution in [3.8, 4) is 11.4 Å². The summed E-state index contributed by atoms with van der Waals surface area (Å²) in [6.45, 7) is 0.713. The van der Waals surface area contributed by atoms with Gasteiger partial charge in [-0.15, -0.1) is 5.10 Å². The Bertz CT molecular complexity index is 886. The van der Waals surface area contributed by atoms with E-state index in [0.29, 0.717) is 40.9 Å². The molecular weight excluding hydrogens is 358 g/mol. The van der Waals surface area contributed by atoms with Crippen LogP contribution < -0.4 is 10.1 Å². The number of nitrogens with zero attached hydrogens (tertiary/aromatic N) is 4. The van der Waals surface area contributed by atoms with E-state index < -0.39 is 0 Å². The largest absolute Gasteiger partial charge is 0.487 e. The fourth-order valence-corrected chi connectivity index (χ4v) is 2.54. The second-order valence-electron chi connectivity index (χ2n) is 5.18. The molecular formula is C17H16ClN5O3. The van der Waals surface area contributed by atoms with Gasteiger partial charge >= 0.3 is 0 Å². The average molecular weight is 374 g/mol. The molecule has 3 aromatic rings. The SMILES string of the molecule is COCCOc1c(Cl)cccc1NC(=O)c1ccccc1-n1cnnn1. The van der Waals surface area contributed by atoms with Gasteiger partial charge in [-0.3, -0.25) is 4.79 Å². The first-order valence-corrected chi connectivity index (χ1v) is 8.12. The van der Waals surface area contributed by atoms with Gasteiger partial charge in [0.25, 0.3) is 5.91 Å². The number of halogens is 1. The van der Waals surface area contributed by atoms with Crippen LogP contribution >= 0.6 is 11.6 Å². The molecule has 3 rings (SSSR count). The lowest BCUT2D eigenvalue weighted by Gasteiger charge is -2.15. The number of methoxy groups -OCH3 is 1. The maximum atomic E-state index is 12.8. The zero-order valence-corrected chi connectivity index (χ0v) is 14.7. The molecule has 134 valence electrons. The molecule has 1 heterocycles. The number of hydrogen-bond acceptors (Lipinski definition) is 6. The van der Waals surface area contributed by atoms with Gasteiger partial charge in [0, 0.05) is 7.11 Å². The van der Waals surface area contributed by atoms with Crippen molar-refractivity contribution in [2.24, 2.45) is 0 Å². The van der Waals surface area contributed by atoms with Crippen molar-refractivity contribution >= 4 is 23.2 Å². The Labute approximate surface area is 154 Å². The molecule has 0 spiro atoms. The molecule has 0 aliphatic heterocycles. The molecule has 0 saturated carbocycles. The minimum absolute atomic E-state index is 0.310. The Morgan fingerprint density at radius 3 is 2.81 bits per heavy atom. The van der Waals surface area contributed by atoms with Crippen LogP contribution in [-0.4, -0.2) is 46.4 Å². The van der Waals surface area contributed by atoms with E-state index in [2.05, 4.69) is 20.8 Å². The highest BCUT2D eigenvalue weighted by Gasteiger charge is 2.16. The van der Waals surface area contributed by atoms with E-state index in [1.807, 2.05) is 0 Å². The van der Waals surface area contributed by atoms with E-state index in [9.17, 15) is 4.79 Å². The molecule has 0 aliphatic carbocycles. The van der Waals surface area contributed by atoms with E-state index in [4.69, 9.17) is 21.1 Å². The van der Waals surface area contributed by atoms with Crippen molar-refractivity contribution in [3.63, 3.8) is 0 Å². The van der Waals surface area contributed by atoms with Crippen LogP contribution in [0.4, 0.5) is 5.69 Å². The van der Waals surface area contributed by atoms with E-state index >= 15 is 0 Å². The molecule has 26 heavy (non-hydrogen) atoms. The van der Waals surface area contributed by atoms with Crippen LogP contribution in [0.3, 0.4) is 0 Å². The Hall–Kier alpha value is -2.97. The minimum Gasteiger partial charge on any atom is -0.487 e. The van der Waals surface area contributed by atoms with Crippen LogP contribution in [0.1, 0.15) is 10.4 Å². The quantitative estimate of drug-likeness (QED) is 0.640. The summed E-state index contributed by atoms with van der Waals surface area (Å²) >= 11 is 6.20. The summed E-state index contributed by atoms with van der Waals surface area (Å²) in [7, 11) is 1.58. The topological polar surface area (TPSA) is 91.2 Å². The normalized spacial score (nSPS) is 10.5. The van der Waals surface area contributed by atoms with Crippen LogP contribution in [0.2, 0.25) is 5.02 Å². The predicted molar refractivity (Wildman–Crippen MR) is 95.9 cm³/mol. The molecule has 0 unspecified atom stereocenters. The van der Waals surface area contributed by atoms with Gasteiger partial charge in [-0.05, 0) is 34.7 Å². The van der Waals surface area contributed by atoms with Gasteiger partial charge < -0.3 is 14.8 Å². The van der Waals surface area contributed by atoms with Gasteiger partial charge in [-0.2, -0.15) is 4.68 Å². The summed E-state index contributed by atoms with van der Waals surface area (Å²) in [6, 6.07) is 12.1. The average Bonchev–Trinajstić information content (AvgIpc) is 3.18. The number of ether oxygens (including phenoxy) is 2. The number of rotatable bonds is 7. The lowest BCUT2D eigenvalue weighted by molar-refractivity contribution is 0.102. The first kappa shape index (κ1) is 17.8. The molecule has 1 amide bonds. The number of carbonyl (C=O) groups is 1. The third kappa shape index (κ3) is 3.98. The van der Waals surface area contributed by atoms with Crippen LogP contribution in [0.5, 0.6) is 5.75 Å². The van der Waals surface area contributed by atoms with Crippen molar-refractivity contribution in [1.29, 1.82) is 0 Å². The number of para-hydroxylation sites is 2. The molecule has 0 atom stereocenters. The van der Waals surface area contributed by atoms with Gasteiger partial charge in [0.2, 0.25) is 0 Å². The van der Waals surface area contributed by atoms with Gasteiger partial charge in [0.15, 0.2) is 5.75 Å². The lowest BCUT2D eigenvalue weighted by atomic mass is 10.1. The van der Waals surface area contributed by atoms with Crippen LogP contribution in [-0.2, 0) is 4.74 Å². The van der Waals surface area contributed by atoms with Crippen LogP contribution in [0.15, 0.2) is 48.8 Å². The highest BCUT2D eigenvalue weighted by atomic mass is 35.5. The molecule has 0 radical (unpaired) electrons. The summed E-state index contributed by atoms with van der Waals surface area (Å²) in [4.78, 5) is 12.8. The van der Waals surface area contributed by atoms with E-state index in [1.165, 1.54) is 11.0 Å². The van der Waals surface area contributed by atoms with Crippen molar-refractivity contribution in [3.05, 3.63) is 59.4 Å². The van der Waals surface area contributed by atoms with E-state index in [1.54, 1.807) is 49.6 Å². The molecule has 0 aliphatic rings. The first-order valence-electron chi connectivity index (χ1n) is 7.74. The second-order valence-corrected chi connectivity index (χ2v) is 5.59. The third-order valence-electron chi connectivity index (χ3n) is 3.49. The molecule has 1 N–H and O–H groups in total. The Morgan fingerprint density at radius 2 is 2.04 bits per heavy atom. The van der Waals surface area contributed by atoms with Crippen molar-refractivity contribution < 1.29 is 14.3 Å². The summed E-state index contributed by atoms with van der Waals surface area (Å²) in [6.07, 6.45) is 1.42. The third-order valence-corrected chi connectivity index (χ3v) is 3.79. The highest BCUT2D eigenvalue weighted by Crippen LogP contribution is 2.33. The van der Waals surface area contributed by atoms with E-state index in [-0.39, 0.29) is 5.91 Å². The summed E-state index contributed by atoms with van der Waals surface area (Å²) in [5.41, 5.74) is 1.42. The molecule has 0 saturated heterocycles. The zero-order valence-electron chi connectivity index (χ0n) is 13.9. The maximum Gasteiger partial charge on any atom is 0.257 e. The molecule has 9 heteroatoms. The molecule has 0 fully saturated rings. The summed E-state index contributed by atoms with van der Waals surface area (Å²) in [5, 5.41) is 14.3. The van der Waals surface area contributed by atoms with Crippen molar-refractivity contribution in [1.82, 2.24) is 20.2 Å². The predicted octanol–water partition coefficient (Wildman–Crippen LogP) is 2.59. The van der Waals surface area contributed by atoms with Crippen molar-refractivity contribution in [2.45, 2.75) is 0 Å². The number of aromatic nitrogens is 4. The number of carbonyl (C=O) groups excluding carboxylic acids is 1. The Morgan fingerprint density at radius 1 is 1.19 bits per heavy atom. The fraction of sp³-hybridized carbons (Fsp3) is 0.176. The fourth-order valence-electron chi connectivity index (χ4n) is 2.31. The first-order chi connectivity index (χ1) is 12.7. The number of tetrazole rings is 1. The molecule has 0 bridgehead atoms. The smallest absolute Gasteiger partial charge is 0.257 e. The number of anilines is 1. The Balaban J connectivity index is 1.87.